The van der Waals surface area contributed by atoms with Crippen molar-refractivity contribution in [2.24, 2.45) is 5.92 Å². The predicted octanol–water partition coefficient (Wildman–Crippen LogP) is 2.57. The highest BCUT2D eigenvalue weighted by Crippen LogP contribution is 2.30. The summed E-state index contributed by atoms with van der Waals surface area (Å²) in [4.78, 5) is 11.4. The van der Waals surface area contributed by atoms with E-state index < -0.39 is 5.82 Å². The van der Waals surface area contributed by atoms with E-state index >= 15 is 0 Å². The van der Waals surface area contributed by atoms with Gasteiger partial charge in [-0.05, 0) is 31.9 Å². The monoisotopic (exact) mass is 223 g/mol. The van der Waals surface area contributed by atoms with Gasteiger partial charge in [-0.25, -0.2) is 4.39 Å². The lowest BCUT2D eigenvalue weighted by Gasteiger charge is -2.07. The Morgan fingerprint density at radius 1 is 1.56 bits per heavy atom. The second-order valence-electron chi connectivity index (χ2n) is 3.84. The van der Waals surface area contributed by atoms with E-state index in [0.29, 0.717) is 12.3 Å². The van der Waals surface area contributed by atoms with Gasteiger partial charge in [-0.2, -0.15) is 0 Å². The molecule has 1 amide bonds. The lowest BCUT2D eigenvalue weighted by Crippen LogP contribution is -2.13. The Labute approximate surface area is 93.6 Å². The van der Waals surface area contributed by atoms with E-state index in [-0.39, 0.29) is 17.6 Å². The summed E-state index contributed by atoms with van der Waals surface area (Å²) in [7, 11) is 0. The number of nitrogens with one attached hydrogen (secondary N) is 1. The minimum absolute atomic E-state index is 0.0245. The summed E-state index contributed by atoms with van der Waals surface area (Å²) in [6.07, 6.45) is 1.87. The molecular formula is C12H14FNO2. The Kier molecular flexibility index (Phi) is 3.08. The molecule has 1 aromatic carbocycles. The van der Waals surface area contributed by atoms with Crippen molar-refractivity contribution in [3.8, 4) is 5.75 Å². The Morgan fingerprint density at radius 3 is 2.88 bits per heavy atom. The average molecular weight is 223 g/mol. The van der Waals surface area contributed by atoms with Gasteiger partial charge in [0.25, 0.3) is 0 Å². The molecule has 0 spiro atoms. The summed E-state index contributed by atoms with van der Waals surface area (Å²) in [5.41, 5.74) is 0.484. The van der Waals surface area contributed by atoms with Crippen molar-refractivity contribution in [3.05, 3.63) is 24.0 Å². The molecule has 4 heteroatoms. The number of carbonyl (C=O) groups is 1. The molecule has 0 aliphatic heterocycles. The molecule has 1 fully saturated rings. The second kappa shape index (κ2) is 4.51. The first-order valence-electron chi connectivity index (χ1n) is 5.44. The minimum Gasteiger partial charge on any atom is -0.491 e. The van der Waals surface area contributed by atoms with Gasteiger partial charge in [0.2, 0.25) is 5.91 Å². The van der Waals surface area contributed by atoms with Gasteiger partial charge in [-0.15, -0.1) is 0 Å². The van der Waals surface area contributed by atoms with Crippen LogP contribution in [0.5, 0.6) is 5.75 Å². The van der Waals surface area contributed by atoms with Gasteiger partial charge in [-0.3, -0.25) is 4.79 Å². The number of hydrogen-bond acceptors (Lipinski definition) is 2. The molecule has 1 aromatic rings. The molecule has 0 unspecified atom stereocenters. The Balaban J connectivity index is 2.04. The first-order valence-corrected chi connectivity index (χ1v) is 5.44. The number of ether oxygens (including phenoxy) is 1. The number of halogens is 1. The van der Waals surface area contributed by atoms with E-state index in [1.54, 1.807) is 13.0 Å². The maximum absolute atomic E-state index is 13.4. The van der Waals surface area contributed by atoms with Gasteiger partial charge in [0, 0.05) is 17.7 Å². The topological polar surface area (TPSA) is 38.3 Å². The van der Waals surface area contributed by atoms with Crippen LogP contribution < -0.4 is 10.1 Å². The lowest BCUT2D eigenvalue weighted by atomic mass is 10.2. The van der Waals surface area contributed by atoms with Crippen LogP contribution in [0.4, 0.5) is 10.1 Å². The third-order valence-electron chi connectivity index (χ3n) is 2.45. The number of amides is 1. The van der Waals surface area contributed by atoms with Crippen LogP contribution in [0.15, 0.2) is 18.2 Å². The summed E-state index contributed by atoms with van der Waals surface area (Å²) in [5.74, 6) is -0.138. The maximum Gasteiger partial charge on any atom is 0.227 e. The van der Waals surface area contributed by atoms with Crippen molar-refractivity contribution in [2.45, 2.75) is 19.8 Å². The fourth-order valence-electron chi connectivity index (χ4n) is 1.44. The molecule has 0 bridgehead atoms. The van der Waals surface area contributed by atoms with E-state index in [9.17, 15) is 9.18 Å². The highest BCUT2D eigenvalue weighted by molar-refractivity contribution is 5.94. The lowest BCUT2D eigenvalue weighted by molar-refractivity contribution is -0.117. The number of benzene rings is 1. The molecule has 1 saturated carbocycles. The summed E-state index contributed by atoms with van der Waals surface area (Å²) < 4.78 is 18.5. The van der Waals surface area contributed by atoms with Crippen LogP contribution in [0, 0.1) is 11.7 Å². The SMILES string of the molecule is CCOc1ccc(NC(=O)C2CC2)cc1F. The molecule has 0 aromatic heterocycles. The minimum atomic E-state index is -0.449. The maximum atomic E-state index is 13.4. The van der Waals surface area contributed by atoms with E-state index in [4.69, 9.17) is 4.74 Å². The van der Waals surface area contributed by atoms with Gasteiger partial charge < -0.3 is 10.1 Å². The summed E-state index contributed by atoms with van der Waals surface area (Å²) >= 11 is 0. The zero-order chi connectivity index (χ0) is 11.5. The quantitative estimate of drug-likeness (QED) is 0.851. The summed E-state index contributed by atoms with van der Waals surface area (Å²) in [6, 6.07) is 4.46. The molecular weight excluding hydrogens is 209 g/mol. The molecule has 0 saturated heterocycles. The number of rotatable bonds is 4. The van der Waals surface area contributed by atoms with Crippen LogP contribution in [0.1, 0.15) is 19.8 Å². The molecule has 3 nitrogen and oxygen atoms in total. The highest BCUT2D eigenvalue weighted by atomic mass is 19.1. The first-order chi connectivity index (χ1) is 7.70. The normalized spacial score (nSPS) is 14.6. The van der Waals surface area contributed by atoms with Gasteiger partial charge in [0.15, 0.2) is 11.6 Å². The molecule has 0 radical (unpaired) electrons. The molecule has 0 heterocycles. The fraction of sp³-hybridized carbons (Fsp3) is 0.417. The number of carbonyl (C=O) groups excluding carboxylic acids is 1. The van der Waals surface area contributed by atoms with Crippen molar-refractivity contribution in [3.63, 3.8) is 0 Å². The van der Waals surface area contributed by atoms with Crippen LogP contribution in [0.2, 0.25) is 0 Å². The summed E-state index contributed by atoms with van der Waals surface area (Å²) in [6.45, 7) is 2.22. The van der Waals surface area contributed by atoms with Crippen molar-refractivity contribution in [1.82, 2.24) is 0 Å². The second-order valence-corrected chi connectivity index (χ2v) is 3.84. The Morgan fingerprint density at radius 2 is 2.31 bits per heavy atom. The van der Waals surface area contributed by atoms with Gasteiger partial charge in [0.05, 0.1) is 6.61 Å². The van der Waals surface area contributed by atoms with Crippen LogP contribution in [0.25, 0.3) is 0 Å². The van der Waals surface area contributed by atoms with E-state index in [0.717, 1.165) is 12.8 Å². The summed E-state index contributed by atoms with van der Waals surface area (Å²) in [5, 5.41) is 2.68. The van der Waals surface area contributed by atoms with Crippen molar-refractivity contribution in [2.75, 3.05) is 11.9 Å². The van der Waals surface area contributed by atoms with Crippen LogP contribution >= 0.6 is 0 Å². The molecule has 86 valence electrons. The zero-order valence-corrected chi connectivity index (χ0v) is 9.13. The third-order valence-corrected chi connectivity index (χ3v) is 2.45. The van der Waals surface area contributed by atoms with Gasteiger partial charge in [0.1, 0.15) is 0 Å². The first kappa shape index (κ1) is 10.9. The molecule has 1 N–H and O–H groups in total. The average Bonchev–Trinajstić information content (AvgIpc) is 3.05. The largest absolute Gasteiger partial charge is 0.491 e. The van der Waals surface area contributed by atoms with E-state index in [1.807, 2.05) is 0 Å². The Hall–Kier alpha value is -1.58. The third kappa shape index (κ3) is 2.51. The number of hydrogen-bond donors (Lipinski definition) is 1. The van der Waals surface area contributed by atoms with Gasteiger partial charge >= 0.3 is 0 Å². The Bertz CT molecular complexity index is 402. The van der Waals surface area contributed by atoms with Crippen molar-refractivity contribution < 1.29 is 13.9 Å². The smallest absolute Gasteiger partial charge is 0.227 e. The van der Waals surface area contributed by atoms with Crippen molar-refractivity contribution >= 4 is 11.6 Å². The zero-order valence-electron chi connectivity index (χ0n) is 9.13. The molecule has 16 heavy (non-hydrogen) atoms. The highest BCUT2D eigenvalue weighted by Gasteiger charge is 2.29. The van der Waals surface area contributed by atoms with Crippen molar-refractivity contribution in [1.29, 1.82) is 0 Å². The van der Waals surface area contributed by atoms with E-state index in [2.05, 4.69) is 5.32 Å². The predicted molar refractivity (Wildman–Crippen MR) is 58.9 cm³/mol. The van der Waals surface area contributed by atoms with Crippen LogP contribution in [-0.2, 0) is 4.79 Å². The standard InChI is InChI=1S/C12H14FNO2/c1-2-16-11-6-5-9(7-10(11)13)14-12(15)8-3-4-8/h5-8H,2-4H2,1H3,(H,14,15). The molecule has 0 atom stereocenters. The van der Waals surface area contributed by atoms with Gasteiger partial charge in [-0.1, -0.05) is 0 Å². The molecule has 1 aliphatic rings. The fourth-order valence-corrected chi connectivity index (χ4v) is 1.44. The van der Waals surface area contributed by atoms with Crippen LogP contribution in [-0.4, -0.2) is 12.5 Å². The van der Waals surface area contributed by atoms with E-state index in [1.165, 1.54) is 12.1 Å². The molecule has 2 rings (SSSR count). The van der Waals surface area contributed by atoms with Crippen LogP contribution in [0.3, 0.4) is 0 Å². The molecule has 1 aliphatic carbocycles. The number of anilines is 1.